The lowest BCUT2D eigenvalue weighted by Crippen LogP contribution is -2.27. The van der Waals surface area contributed by atoms with Gasteiger partial charge in [-0.1, -0.05) is 0 Å². The molecule has 0 atom stereocenters. The number of hydrogen-bond donors (Lipinski definition) is 1. The SMILES string of the molecule is [CH2]COC(=O)NCCOC. The van der Waals surface area contributed by atoms with Crippen LogP contribution in [0.1, 0.15) is 0 Å². The number of carbonyl (C=O) groups excluding carboxylic acids is 1. The maximum absolute atomic E-state index is 10.5. The highest BCUT2D eigenvalue weighted by Gasteiger charge is 1.96. The molecule has 0 aliphatic rings. The number of amides is 1. The van der Waals surface area contributed by atoms with E-state index in [1.807, 2.05) is 0 Å². The molecule has 0 spiro atoms. The van der Waals surface area contributed by atoms with Gasteiger partial charge in [-0.15, -0.1) is 0 Å². The van der Waals surface area contributed by atoms with Gasteiger partial charge in [0, 0.05) is 13.7 Å². The van der Waals surface area contributed by atoms with E-state index in [-0.39, 0.29) is 6.61 Å². The number of hydrogen-bond acceptors (Lipinski definition) is 3. The van der Waals surface area contributed by atoms with Gasteiger partial charge in [0.25, 0.3) is 0 Å². The fourth-order valence-electron chi connectivity index (χ4n) is 0.399. The molecule has 0 saturated heterocycles. The molecule has 0 aromatic rings. The predicted octanol–water partition coefficient (Wildman–Crippen LogP) is 0.193. The average molecular weight is 146 g/mol. The van der Waals surface area contributed by atoms with Crippen LogP contribution >= 0.6 is 0 Å². The summed E-state index contributed by atoms with van der Waals surface area (Å²) in [7, 11) is 1.56. The Kier molecular flexibility index (Phi) is 5.86. The monoisotopic (exact) mass is 146 g/mol. The molecule has 59 valence electrons. The Balaban J connectivity index is 3.05. The van der Waals surface area contributed by atoms with Gasteiger partial charge in [-0.05, 0) is 6.92 Å². The van der Waals surface area contributed by atoms with Crippen LogP contribution in [-0.2, 0) is 9.47 Å². The highest BCUT2D eigenvalue weighted by molar-refractivity contribution is 5.67. The molecule has 1 radical (unpaired) electrons. The van der Waals surface area contributed by atoms with E-state index in [0.717, 1.165) is 0 Å². The zero-order chi connectivity index (χ0) is 7.82. The van der Waals surface area contributed by atoms with Crippen LogP contribution in [0.5, 0.6) is 0 Å². The summed E-state index contributed by atoms with van der Waals surface area (Å²) in [5.41, 5.74) is 0. The second kappa shape index (κ2) is 6.35. The molecule has 4 heteroatoms. The number of rotatable bonds is 4. The molecular formula is C6H12NO3. The van der Waals surface area contributed by atoms with Crippen molar-refractivity contribution in [3.63, 3.8) is 0 Å². The lowest BCUT2D eigenvalue weighted by molar-refractivity contribution is 0.149. The van der Waals surface area contributed by atoms with Gasteiger partial charge in [-0.2, -0.15) is 0 Å². The molecule has 0 fully saturated rings. The third kappa shape index (κ3) is 5.37. The van der Waals surface area contributed by atoms with Crippen molar-refractivity contribution in [1.82, 2.24) is 5.32 Å². The van der Waals surface area contributed by atoms with Gasteiger partial charge in [-0.25, -0.2) is 4.79 Å². The standard InChI is InChI=1S/C6H12NO3/c1-3-10-6(8)7-4-5-9-2/h1,3-5H2,2H3,(H,7,8). The number of carbonyl (C=O) groups is 1. The Morgan fingerprint density at radius 3 is 2.90 bits per heavy atom. The molecule has 0 aliphatic heterocycles. The van der Waals surface area contributed by atoms with E-state index in [0.29, 0.717) is 13.2 Å². The minimum atomic E-state index is -0.452. The first-order chi connectivity index (χ1) is 4.81. The summed E-state index contributed by atoms with van der Waals surface area (Å²) < 4.78 is 9.16. The Bertz CT molecular complexity index is 95.0. The highest BCUT2D eigenvalue weighted by Crippen LogP contribution is 1.74. The average Bonchev–Trinajstić information content (AvgIpc) is 1.89. The molecule has 0 aliphatic carbocycles. The number of ether oxygens (including phenoxy) is 2. The Labute approximate surface area is 60.5 Å². The van der Waals surface area contributed by atoms with Crippen LogP contribution in [0.3, 0.4) is 0 Å². The maximum atomic E-state index is 10.5. The third-order valence-corrected chi connectivity index (χ3v) is 0.809. The van der Waals surface area contributed by atoms with Crippen molar-refractivity contribution >= 4 is 6.09 Å². The van der Waals surface area contributed by atoms with Crippen LogP contribution in [0.25, 0.3) is 0 Å². The maximum Gasteiger partial charge on any atom is 0.407 e. The molecule has 0 bridgehead atoms. The molecule has 0 rings (SSSR count). The van der Waals surface area contributed by atoms with Crippen LogP contribution in [0.4, 0.5) is 4.79 Å². The van der Waals surface area contributed by atoms with Gasteiger partial charge in [0.2, 0.25) is 0 Å². The summed E-state index contributed by atoms with van der Waals surface area (Å²) in [6.45, 7) is 4.45. The molecular weight excluding hydrogens is 134 g/mol. The van der Waals surface area contributed by atoms with Crippen LogP contribution in [0.2, 0.25) is 0 Å². The van der Waals surface area contributed by atoms with Gasteiger partial charge >= 0.3 is 6.09 Å². The molecule has 0 heterocycles. The minimum Gasteiger partial charge on any atom is -0.450 e. The first-order valence-electron chi connectivity index (χ1n) is 3.00. The lowest BCUT2D eigenvalue weighted by Gasteiger charge is -2.02. The molecule has 10 heavy (non-hydrogen) atoms. The summed E-state index contributed by atoms with van der Waals surface area (Å²) in [5.74, 6) is 0. The van der Waals surface area contributed by atoms with Crippen LogP contribution in [0, 0.1) is 6.92 Å². The first kappa shape index (κ1) is 9.23. The van der Waals surface area contributed by atoms with Crippen molar-refractivity contribution < 1.29 is 14.3 Å². The van der Waals surface area contributed by atoms with Crippen LogP contribution in [0.15, 0.2) is 0 Å². The first-order valence-corrected chi connectivity index (χ1v) is 3.00. The van der Waals surface area contributed by atoms with Crippen molar-refractivity contribution in [3.05, 3.63) is 6.92 Å². The van der Waals surface area contributed by atoms with E-state index < -0.39 is 6.09 Å². The van der Waals surface area contributed by atoms with Crippen molar-refractivity contribution in [3.8, 4) is 0 Å². The summed E-state index contributed by atoms with van der Waals surface area (Å²) in [4.78, 5) is 10.5. The second-order valence-electron chi connectivity index (χ2n) is 1.56. The van der Waals surface area contributed by atoms with E-state index in [4.69, 9.17) is 0 Å². The Hall–Kier alpha value is -0.770. The van der Waals surface area contributed by atoms with Gasteiger partial charge in [0.15, 0.2) is 0 Å². The summed E-state index contributed by atoms with van der Waals surface area (Å²) in [6.07, 6.45) is -0.452. The zero-order valence-electron chi connectivity index (χ0n) is 6.05. The quantitative estimate of drug-likeness (QED) is 0.576. The van der Waals surface area contributed by atoms with Crippen LogP contribution < -0.4 is 5.32 Å². The van der Waals surface area contributed by atoms with Crippen molar-refractivity contribution in [2.24, 2.45) is 0 Å². The zero-order valence-corrected chi connectivity index (χ0v) is 6.05. The lowest BCUT2D eigenvalue weighted by atomic mass is 10.7. The number of methoxy groups -OCH3 is 1. The smallest absolute Gasteiger partial charge is 0.407 e. The second-order valence-corrected chi connectivity index (χ2v) is 1.56. The van der Waals surface area contributed by atoms with E-state index in [1.54, 1.807) is 7.11 Å². The molecule has 0 saturated carbocycles. The fourth-order valence-corrected chi connectivity index (χ4v) is 0.399. The third-order valence-electron chi connectivity index (χ3n) is 0.809. The van der Waals surface area contributed by atoms with Crippen molar-refractivity contribution in [2.45, 2.75) is 0 Å². The number of nitrogens with one attached hydrogen (secondary N) is 1. The number of alkyl carbamates (subject to hydrolysis) is 1. The predicted molar refractivity (Wildman–Crippen MR) is 36.6 cm³/mol. The summed E-state index contributed by atoms with van der Waals surface area (Å²) in [6, 6.07) is 0. The molecule has 0 unspecified atom stereocenters. The molecule has 1 amide bonds. The largest absolute Gasteiger partial charge is 0.450 e. The molecule has 0 aromatic carbocycles. The highest BCUT2D eigenvalue weighted by atomic mass is 16.5. The normalized spacial score (nSPS) is 9.00. The van der Waals surface area contributed by atoms with Crippen LogP contribution in [-0.4, -0.2) is 33.0 Å². The van der Waals surface area contributed by atoms with Crippen molar-refractivity contribution in [2.75, 3.05) is 26.9 Å². The van der Waals surface area contributed by atoms with Gasteiger partial charge in [0.1, 0.15) is 0 Å². The molecule has 1 N–H and O–H groups in total. The molecule has 4 nitrogen and oxygen atoms in total. The van der Waals surface area contributed by atoms with E-state index in [2.05, 4.69) is 21.7 Å². The fraction of sp³-hybridized carbons (Fsp3) is 0.667. The summed E-state index contributed by atoms with van der Waals surface area (Å²) in [5, 5.41) is 2.46. The Morgan fingerprint density at radius 1 is 1.70 bits per heavy atom. The minimum absolute atomic E-state index is 0.152. The van der Waals surface area contributed by atoms with E-state index in [1.165, 1.54) is 0 Å². The van der Waals surface area contributed by atoms with Gasteiger partial charge < -0.3 is 14.8 Å². The van der Waals surface area contributed by atoms with Crippen molar-refractivity contribution in [1.29, 1.82) is 0 Å². The van der Waals surface area contributed by atoms with Gasteiger partial charge in [-0.3, -0.25) is 0 Å². The summed E-state index contributed by atoms with van der Waals surface area (Å²) >= 11 is 0. The topological polar surface area (TPSA) is 47.6 Å². The Morgan fingerprint density at radius 2 is 2.40 bits per heavy atom. The molecule has 0 aromatic heterocycles. The van der Waals surface area contributed by atoms with E-state index in [9.17, 15) is 4.79 Å². The van der Waals surface area contributed by atoms with Gasteiger partial charge in [0.05, 0.1) is 13.2 Å². The van der Waals surface area contributed by atoms with E-state index >= 15 is 0 Å².